The summed E-state index contributed by atoms with van der Waals surface area (Å²) in [5.74, 6) is -0.265. The minimum absolute atomic E-state index is 0.0103. The van der Waals surface area contributed by atoms with E-state index in [1.165, 1.54) is 11.1 Å². The fourth-order valence-corrected chi connectivity index (χ4v) is 7.89. The molecule has 2 fully saturated rings. The van der Waals surface area contributed by atoms with Gasteiger partial charge in [-0.2, -0.15) is 0 Å². The number of carbonyl (C=O) groups excluding carboxylic acids is 2. The summed E-state index contributed by atoms with van der Waals surface area (Å²) in [4.78, 5) is 28.6. The van der Waals surface area contributed by atoms with E-state index in [1.54, 1.807) is 26.0 Å². The molecule has 0 bridgehead atoms. The Morgan fingerprint density at radius 2 is 1.98 bits per heavy atom. The van der Waals surface area contributed by atoms with E-state index >= 15 is 0 Å². The first kappa shape index (κ1) is 38.3. The first-order valence-corrected chi connectivity index (χ1v) is 19.6. The average molecular weight is 729 g/mol. The van der Waals surface area contributed by atoms with Crippen molar-refractivity contribution in [2.45, 2.75) is 89.9 Å². The lowest BCUT2D eigenvalue weighted by Gasteiger charge is -2.48. The van der Waals surface area contributed by atoms with Crippen LogP contribution in [0, 0.1) is 17.3 Å². The fourth-order valence-electron chi connectivity index (χ4n) is 7.16. The van der Waals surface area contributed by atoms with Crippen molar-refractivity contribution in [2.24, 2.45) is 17.3 Å². The molecule has 2 aromatic rings. The number of ether oxygens (including phenoxy) is 3. The van der Waals surface area contributed by atoms with Gasteiger partial charge in [-0.15, -0.1) is 0 Å². The smallest absolute Gasteiger partial charge is 0.309 e. The molecule has 9 nitrogen and oxygen atoms in total. The summed E-state index contributed by atoms with van der Waals surface area (Å²) < 4.78 is 32.6. The van der Waals surface area contributed by atoms with E-state index in [2.05, 4.69) is 22.6 Å². The monoisotopic (exact) mass is 728 g/mol. The predicted octanol–water partition coefficient (Wildman–Crippen LogP) is 6.77. The number of aryl methyl sites for hydroxylation is 1. The van der Waals surface area contributed by atoms with E-state index < -0.39 is 28.5 Å². The SMILES string of the molecule is CC/C=C/[C@@](O)(CC(=O)OCC1(C)COC1)C1CCC1CN1CC(c2ccc(Cl)cc2CCC)COc2ccc(C(=O)NS(=O)C(C)C)cc21. The molecule has 5 atom stereocenters. The summed E-state index contributed by atoms with van der Waals surface area (Å²) in [6, 6.07) is 11.4. The Morgan fingerprint density at radius 3 is 2.62 bits per heavy atom. The molecular weight excluding hydrogens is 676 g/mol. The molecule has 1 aliphatic carbocycles. The van der Waals surface area contributed by atoms with Crippen LogP contribution in [-0.4, -0.2) is 71.6 Å². The summed E-state index contributed by atoms with van der Waals surface area (Å²) in [7, 11) is -1.52. The highest BCUT2D eigenvalue weighted by Crippen LogP contribution is 2.47. The normalized spacial score (nSPS) is 23.1. The molecule has 1 saturated carbocycles. The number of hydrogen-bond donors (Lipinski definition) is 2. The lowest BCUT2D eigenvalue weighted by atomic mass is 9.63. The van der Waals surface area contributed by atoms with Gasteiger partial charge in [-0.05, 0) is 92.8 Å². The predicted molar refractivity (Wildman–Crippen MR) is 198 cm³/mol. The van der Waals surface area contributed by atoms with Gasteiger partial charge in [-0.1, -0.05) is 57.0 Å². The zero-order valence-electron chi connectivity index (χ0n) is 30.0. The summed E-state index contributed by atoms with van der Waals surface area (Å²) in [6.07, 6.45) is 7.85. The molecule has 5 rings (SSSR count). The van der Waals surface area contributed by atoms with E-state index in [0.717, 1.165) is 37.8 Å². The van der Waals surface area contributed by atoms with Crippen molar-refractivity contribution in [1.29, 1.82) is 0 Å². The molecule has 3 aliphatic rings. The van der Waals surface area contributed by atoms with Crippen molar-refractivity contribution < 1.29 is 33.1 Å². The Labute approximate surface area is 304 Å². The fraction of sp³-hybridized carbons (Fsp3) is 0.590. The van der Waals surface area contributed by atoms with Crippen LogP contribution in [0.5, 0.6) is 5.75 Å². The minimum atomic E-state index is -1.52. The maximum Gasteiger partial charge on any atom is 0.309 e. The highest BCUT2D eigenvalue weighted by atomic mass is 35.5. The van der Waals surface area contributed by atoms with E-state index in [9.17, 15) is 18.9 Å². The maximum absolute atomic E-state index is 13.2. The van der Waals surface area contributed by atoms with Crippen LogP contribution in [0.4, 0.5) is 5.69 Å². The second-order valence-corrected chi connectivity index (χ2v) is 17.0. The molecule has 1 saturated heterocycles. The minimum Gasteiger partial charge on any atom is -0.491 e. The highest BCUT2D eigenvalue weighted by Gasteiger charge is 2.48. The van der Waals surface area contributed by atoms with Gasteiger partial charge in [0.15, 0.2) is 0 Å². The second-order valence-electron chi connectivity index (χ2n) is 14.9. The molecule has 4 unspecified atom stereocenters. The largest absolute Gasteiger partial charge is 0.491 e. The number of hydrogen-bond acceptors (Lipinski definition) is 8. The van der Waals surface area contributed by atoms with Gasteiger partial charge in [0.25, 0.3) is 5.91 Å². The van der Waals surface area contributed by atoms with Crippen molar-refractivity contribution in [2.75, 3.05) is 44.4 Å². The van der Waals surface area contributed by atoms with Crippen molar-refractivity contribution in [3.63, 3.8) is 0 Å². The third-order valence-corrected chi connectivity index (χ3v) is 11.7. The third kappa shape index (κ3) is 9.11. The Morgan fingerprint density at radius 1 is 1.20 bits per heavy atom. The number of nitrogens with one attached hydrogen (secondary N) is 1. The van der Waals surface area contributed by atoms with Gasteiger partial charge < -0.3 is 24.2 Å². The van der Waals surface area contributed by atoms with Crippen molar-refractivity contribution >= 4 is 40.2 Å². The molecule has 2 N–H and O–H groups in total. The summed E-state index contributed by atoms with van der Waals surface area (Å²) in [5, 5.41) is 12.6. The summed E-state index contributed by atoms with van der Waals surface area (Å²) >= 11 is 6.44. The number of halogens is 1. The standard InChI is InChI=1S/C39H53ClN2O7S/c1-6-8-16-39(45,19-36(43)49-25-38(5)23-47-24-38)33-14-10-29(33)20-42-21-30(32-13-12-31(40)17-27(32)9-7-2)22-48-35-15-11-28(18-34(35)42)37(44)41-50(46)26(3)4/h8,11-13,15-18,26,29-30,33,45H,6-7,9-10,14,19-25H2,1-5H3,(H,41,44)/b16-8+/t29?,30?,33?,39-,50?/m1/s1. The highest BCUT2D eigenvalue weighted by molar-refractivity contribution is 7.84. The van der Waals surface area contributed by atoms with Crippen LogP contribution >= 0.6 is 11.6 Å². The quantitative estimate of drug-likeness (QED) is 0.153. The van der Waals surface area contributed by atoms with Crippen LogP contribution in [0.25, 0.3) is 0 Å². The Balaban J connectivity index is 1.43. The third-order valence-electron chi connectivity index (χ3n) is 10.2. The van der Waals surface area contributed by atoms with Gasteiger partial charge in [-0.25, -0.2) is 4.21 Å². The van der Waals surface area contributed by atoms with E-state index in [1.807, 2.05) is 44.2 Å². The molecule has 274 valence electrons. The number of esters is 1. The molecule has 0 aromatic heterocycles. The molecule has 1 amide bonds. The Bertz CT molecular complexity index is 1580. The number of allylic oxidation sites excluding steroid dienone is 1. The van der Waals surface area contributed by atoms with Crippen LogP contribution in [-0.2, 0) is 31.7 Å². The number of nitrogens with zero attached hydrogens (tertiary/aromatic N) is 1. The van der Waals surface area contributed by atoms with Gasteiger partial charge in [-0.3, -0.25) is 14.3 Å². The summed E-state index contributed by atoms with van der Waals surface area (Å²) in [5.41, 5.74) is 2.01. The number of amides is 1. The first-order valence-electron chi connectivity index (χ1n) is 18.0. The van der Waals surface area contributed by atoms with Crippen LogP contribution in [0.1, 0.15) is 94.1 Å². The zero-order chi connectivity index (χ0) is 36.1. The first-order chi connectivity index (χ1) is 23.8. The van der Waals surface area contributed by atoms with Crippen molar-refractivity contribution in [3.05, 3.63) is 70.3 Å². The molecule has 2 aromatic carbocycles. The number of rotatable bonds is 15. The lowest BCUT2D eigenvalue weighted by Crippen LogP contribution is -2.51. The van der Waals surface area contributed by atoms with Crippen LogP contribution in [0.3, 0.4) is 0 Å². The molecule has 2 aliphatic heterocycles. The number of aliphatic hydroxyl groups is 1. The average Bonchev–Trinajstić information content (AvgIpc) is 3.23. The Hall–Kier alpha value is -2.92. The van der Waals surface area contributed by atoms with Gasteiger partial charge in [0.2, 0.25) is 0 Å². The number of benzene rings is 2. The topological polar surface area (TPSA) is 114 Å². The van der Waals surface area contributed by atoms with Crippen molar-refractivity contribution in [1.82, 2.24) is 4.72 Å². The van der Waals surface area contributed by atoms with Crippen LogP contribution in [0.2, 0.25) is 5.02 Å². The van der Waals surface area contributed by atoms with Crippen molar-refractivity contribution in [3.8, 4) is 5.75 Å². The summed E-state index contributed by atoms with van der Waals surface area (Å²) in [6.45, 7) is 12.8. The lowest BCUT2D eigenvalue weighted by molar-refractivity contribution is -0.171. The van der Waals surface area contributed by atoms with E-state index in [-0.39, 0.29) is 41.4 Å². The number of carbonyl (C=O) groups is 2. The second kappa shape index (κ2) is 16.6. The molecule has 50 heavy (non-hydrogen) atoms. The number of anilines is 1. The van der Waals surface area contributed by atoms with Crippen LogP contribution in [0.15, 0.2) is 48.6 Å². The number of fused-ring (bicyclic) bond motifs is 1. The van der Waals surface area contributed by atoms with Gasteiger partial charge >= 0.3 is 5.97 Å². The van der Waals surface area contributed by atoms with Gasteiger partial charge in [0, 0.05) is 40.3 Å². The maximum atomic E-state index is 13.2. The van der Waals surface area contributed by atoms with Gasteiger partial charge in [0.05, 0.1) is 37.5 Å². The molecule has 0 radical (unpaired) electrons. The van der Waals surface area contributed by atoms with E-state index in [4.69, 9.17) is 25.8 Å². The molecule has 0 spiro atoms. The van der Waals surface area contributed by atoms with E-state index in [0.29, 0.717) is 49.2 Å². The Kier molecular flexibility index (Phi) is 12.7. The van der Waals surface area contributed by atoms with Crippen LogP contribution < -0.4 is 14.4 Å². The molecule has 11 heteroatoms. The molecule has 2 heterocycles. The van der Waals surface area contributed by atoms with Gasteiger partial charge in [0.1, 0.15) is 23.3 Å². The molecular formula is C39H53ClN2O7S. The zero-order valence-corrected chi connectivity index (χ0v) is 31.6.